The van der Waals surface area contributed by atoms with E-state index in [9.17, 15) is 35.5 Å². The van der Waals surface area contributed by atoms with Crippen molar-refractivity contribution in [1.82, 2.24) is 5.32 Å². The second-order valence-electron chi connectivity index (χ2n) is 5.30. The fourth-order valence-corrected chi connectivity index (χ4v) is 2.17. The van der Waals surface area contributed by atoms with Crippen LogP contribution in [0.25, 0.3) is 0 Å². The van der Waals surface area contributed by atoms with Gasteiger partial charge in [0.25, 0.3) is 0 Å². The molecule has 27 heavy (non-hydrogen) atoms. The summed E-state index contributed by atoms with van der Waals surface area (Å²) in [5, 5.41) is 4.02. The van der Waals surface area contributed by atoms with E-state index in [0.29, 0.717) is 12.1 Å². The van der Waals surface area contributed by atoms with Crippen molar-refractivity contribution in [2.24, 2.45) is 0 Å². The second-order valence-corrected chi connectivity index (χ2v) is 5.71. The molecule has 0 spiro atoms. The van der Waals surface area contributed by atoms with Crippen molar-refractivity contribution in [2.45, 2.75) is 18.9 Å². The second kappa shape index (κ2) is 7.63. The van der Waals surface area contributed by atoms with Crippen LogP contribution in [-0.2, 0) is 18.9 Å². The number of carbonyl (C=O) groups excluding carboxylic acids is 1. The van der Waals surface area contributed by atoms with E-state index >= 15 is 0 Å². The Morgan fingerprint density at radius 3 is 2.04 bits per heavy atom. The minimum Gasteiger partial charge on any atom is -0.334 e. The monoisotopic (exact) mass is 414 g/mol. The van der Waals surface area contributed by atoms with Crippen LogP contribution in [0.2, 0.25) is 5.02 Å². The molecule has 0 unspecified atom stereocenters. The zero-order chi connectivity index (χ0) is 20.4. The highest BCUT2D eigenvalue weighted by Gasteiger charge is 2.32. The summed E-state index contributed by atoms with van der Waals surface area (Å²) in [7, 11) is 0. The quantitative estimate of drug-likeness (QED) is 0.609. The van der Waals surface area contributed by atoms with E-state index < -0.39 is 41.9 Å². The van der Waals surface area contributed by atoms with Crippen molar-refractivity contribution in [3.63, 3.8) is 0 Å². The van der Waals surface area contributed by atoms with E-state index in [1.54, 1.807) is 0 Å². The topological polar surface area (TPSA) is 41.1 Å². The SMILES string of the molecule is O=C(NCc1ccc(C(F)(F)F)cc1F)Nc1cc(C(F)(F)F)ccc1Cl. The summed E-state index contributed by atoms with van der Waals surface area (Å²) in [4.78, 5) is 11.8. The first kappa shape index (κ1) is 20.8. The number of anilines is 1. The number of carbonyl (C=O) groups is 1. The molecule has 0 saturated heterocycles. The summed E-state index contributed by atoms with van der Waals surface area (Å²) in [6.45, 7) is -0.494. The zero-order valence-corrected chi connectivity index (χ0v) is 13.9. The highest BCUT2D eigenvalue weighted by atomic mass is 35.5. The smallest absolute Gasteiger partial charge is 0.334 e. The Balaban J connectivity index is 2.05. The highest BCUT2D eigenvalue weighted by molar-refractivity contribution is 6.33. The number of nitrogens with one attached hydrogen (secondary N) is 2. The van der Waals surface area contributed by atoms with Crippen molar-refractivity contribution < 1.29 is 35.5 Å². The minimum absolute atomic E-state index is 0.168. The van der Waals surface area contributed by atoms with Crippen LogP contribution < -0.4 is 10.6 Å². The lowest BCUT2D eigenvalue weighted by molar-refractivity contribution is -0.138. The summed E-state index contributed by atoms with van der Waals surface area (Å²) in [6, 6.07) is 3.02. The fourth-order valence-electron chi connectivity index (χ4n) is 2.01. The molecule has 0 heterocycles. The molecule has 0 radical (unpaired) electrons. The van der Waals surface area contributed by atoms with Gasteiger partial charge in [-0.05, 0) is 30.3 Å². The fraction of sp³-hybridized carbons (Fsp3) is 0.188. The predicted octanol–water partition coefficient (Wildman–Crippen LogP) is 5.84. The molecule has 0 aliphatic rings. The molecule has 0 aliphatic heterocycles. The first-order valence-electron chi connectivity index (χ1n) is 7.15. The number of urea groups is 1. The predicted molar refractivity (Wildman–Crippen MR) is 83.7 cm³/mol. The van der Waals surface area contributed by atoms with Crippen molar-refractivity contribution in [3.05, 3.63) is 63.9 Å². The third-order valence-corrected chi connectivity index (χ3v) is 3.69. The van der Waals surface area contributed by atoms with Crippen LogP contribution >= 0.6 is 11.6 Å². The molecule has 2 rings (SSSR count). The van der Waals surface area contributed by atoms with E-state index in [1.165, 1.54) is 0 Å². The third kappa shape index (κ3) is 5.49. The molecule has 0 aromatic heterocycles. The van der Waals surface area contributed by atoms with Crippen LogP contribution in [0.4, 0.5) is 41.2 Å². The van der Waals surface area contributed by atoms with E-state index in [-0.39, 0.29) is 22.3 Å². The van der Waals surface area contributed by atoms with Gasteiger partial charge >= 0.3 is 18.4 Å². The number of hydrogen-bond donors (Lipinski definition) is 2. The Morgan fingerprint density at radius 1 is 0.926 bits per heavy atom. The summed E-state index contributed by atoms with van der Waals surface area (Å²) in [5.74, 6) is -1.19. The van der Waals surface area contributed by atoms with Gasteiger partial charge < -0.3 is 10.6 Å². The zero-order valence-electron chi connectivity index (χ0n) is 13.1. The lowest BCUT2D eigenvalue weighted by Gasteiger charge is -2.13. The van der Waals surface area contributed by atoms with E-state index in [0.717, 1.165) is 18.2 Å². The summed E-state index contributed by atoms with van der Waals surface area (Å²) < 4.78 is 89.1. The third-order valence-electron chi connectivity index (χ3n) is 3.36. The number of rotatable bonds is 3. The highest BCUT2D eigenvalue weighted by Crippen LogP contribution is 2.34. The van der Waals surface area contributed by atoms with Crippen LogP contribution in [0.15, 0.2) is 36.4 Å². The molecule has 2 amide bonds. The van der Waals surface area contributed by atoms with E-state index in [4.69, 9.17) is 11.6 Å². The average Bonchev–Trinajstić information content (AvgIpc) is 2.53. The molecule has 2 N–H and O–H groups in total. The molecule has 0 aliphatic carbocycles. The molecule has 0 saturated carbocycles. The Hall–Kier alpha value is -2.49. The Kier molecular flexibility index (Phi) is 5.88. The number of amides is 2. The number of benzene rings is 2. The molecule has 146 valence electrons. The summed E-state index contributed by atoms with van der Waals surface area (Å²) in [6.07, 6.45) is -9.37. The van der Waals surface area contributed by atoms with E-state index in [1.807, 2.05) is 0 Å². The number of hydrogen-bond acceptors (Lipinski definition) is 1. The van der Waals surface area contributed by atoms with Crippen LogP contribution in [-0.4, -0.2) is 6.03 Å². The lowest BCUT2D eigenvalue weighted by atomic mass is 10.1. The van der Waals surface area contributed by atoms with Crippen LogP contribution in [0.3, 0.4) is 0 Å². The molecule has 0 bridgehead atoms. The van der Waals surface area contributed by atoms with Crippen LogP contribution in [0.5, 0.6) is 0 Å². The van der Waals surface area contributed by atoms with Gasteiger partial charge in [0.1, 0.15) is 5.82 Å². The van der Waals surface area contributed by atoms with Gasteiger partial charge in [-0.3, -0.25) is 0 Å². The van der Waals surface area contributed by atoms with Crippen molar-refractivity contribution in [3.8, 4) is 0 Å². The van der Waals surface area contributed by atoms with Gasteiger partial charge in [0, 0.05) is 12.1 Å². The van der Waals surface area contributed by atoms with Gasteiger partial charge in [0.2, 0.25) is 0 Å². The first-order chi connectivity index (χ1) is 12.4. The van der Waals surface area contributed by atoms with Gasteiger partial charge in [-0.25, -0.2) is 9.18 Å². The largest absolute Gasteiger partial charge is 0.416 e. The van der Waals surface area contributed by atoms with Gasteiger partial charge in [-0.1, -0.05) is 17.7 Å². The van der Waals surface area contributed by atoms with E-state index in [2.05, 4.69) is 10.6 Å². The maximum atomic E-state index is 13.7. The van der Waals surface area contributed by atoms with Crippen molar-refractivity contribution >= 4 is 23.3 Å². The van der Waals surface area contributed by atoms with Crippen molar-refractivity contribution in [2.75, 3.05) is 5.32 Å². The standard InChI is InChI=1S/C16H10ClF7N2O/c17-11-4-3-10(16(22,23)24)6-13(11)26-14(27)25-7-8-1-2-9(5-12(8)18)15(19,20)21/h1-6H,7H2,(H2,25,26,27). The van der Waals surface area contributed by atoms with Crippen LogP contribution in [0.1, 0.15) is 16.7 Å². The maximum absolute atomic E-state index is 13.7. The van der Waals surface area contributed by atoms with Crippen molar-refractivity contribution in [1.29, 1.82) is 0 Å². The first-order valence-corrected chi connectivity index (χ1v) is 7.53. The maximum Gasteiger partial charge on any atom is 0.416 e. The molecule has 2 aromatic rings. The lowest BCUT2D eigenvalue weighted by Crippen LogP contribution is -2.28. The molecule has 11 heteroatoms. The molecular weight excluding hydrogens is 405 g/mol. The normalized spacial score (nSPS) is 12.0. The summed E-state index contributed by atoms with van der Waals surface area (Å²) >= 11 is 5.72. The molecule has 2 aromatic carbocycles. The molecule has 0 atom stereocenters. The Morgan fingerprint density at radius 2 is 1.48 bits per heavy atom. The average molecular weight is 415 g/mol. The number of halogens is 8. The Bertz CT molecular complexity index is 850. The summed E-state index contributed by atoms with van der Waals surface area (Å²) in [5.41, 5.74) is -2.81. The molecule has 0 fully saturated rings. The van der Waals surface area contributed by atoms with Gasteiger partial charge in [0.05, 0.1) is 21.8 Å². The van der Waals surface area contributed by atoms with Crippen LogP contribution in [0, 0.1) is 5.82 Å². The Labute approximate surface area is 153 Å². The number of alkyl halides is 6. The van der Waals surface area contributed by atoms with Gasteiger partial charge in [0.15, 0.2) is 0 Å². The minimum atomic E-state index is -4.72. The van der Waals surface area contributed by atoms with Gasteiger partial charge in [-0.15, -0.1) is 0 Å². The van der Waals surface area contributed by atoms with Gasteiger partial charge in [-0.2, -0.15) is 26.3 Å². The molecule has 3 nitrogen and oxygen atoms in total. The molecular formula is C16H10ClF7N2O.